The van der Waals surface area contributed by atoms with Gasteiger partial charge in [0.25, 0.3) is 0 Å². The number of hydrogen-bond acceptors (Lipinski definition) is 3. The lowest BCUT2D eigenvalue weighted by molar-refractivity contribution is -0.120. The minimum Gasteiger partial charge on any atom is -0.376 e. The number of carbonyl (C=O) groups is 1. The zero-order chi connectivity index (χ0) is 14.0. The molecule has 0 bridgehead atoms. The fourth-order valence-electron chi connectivity index (χ4n) is 2.38. The molecule has 112 valence electrons. The highest BCUT2D eigenvalue weighted by atomic mass is 35.5. The van der Waals surface area contributed by atoms with Gasteiger partial charge in [-0.3, -0.25) is 4.79 Å². The van der Waals surface area contributed by atoms with Crippen LogP contribution in [0.5, 0.6) is 0 Å². The normalized spacial score (nSPS) is 21.2. The number of benzene rings is 1. The molecule has 2 atom stereocenters. The molecule has 0 radical (unpaired) electrons. The van der Waals surface area contributed by atoms with Gasteiger partial charge in [-0.25, -0.2) is 0 Å². The van der Waals surface area contributed by atoms with Crippen molar-refractivity contribution < 1.29 is 4.79 Å². The first-order valence-corrected chi connectivity index (χ1v) is 6.85. The van der Waals surface area contributed by atoms with E-state index < -0.39 is 0 Å². The van der Waals surface area contributed by atoms with Crippen LogP contribution in [0.15, 0.2) is 18.2 Å². The summed E-state index contributed by atoms with van der Waals surface area (Å²) in [5.41, 5.74) is 1.72. The summed E-state index contributed by atoms with van der Waals surface area (Å²) in [6, 6.07) is 5.53. The summed E-state index contributed by atoms with van der Waals surface area (Å²) in [6.07, 6.45) is 0. The van der Waals surface area contributed by atoms with Crippen LogP contribution in [0.25, 0.3) is 0 Å². The van der Waals surface area contributed by atoms with Crippen molar-refractivity contribution in [1.29, 1.82) is 0 Å². The second kappa shape index (κ2) is 7.16. The molecule has 2 N–H and O–H groups in total. The third kappa shape index (κ3) is 3.78. The number of anilines is 2. The van der Waals surface area contributed by atoms with Gasteiger partial charge >= 0.3 is 0 Å². The van der Waals surface area contributed by atoms with Gasteiger partial charge in [0, 0.05) is 25.7 Å². The van der Waals surface area contributed by atoms with Gasteiger partial charge in [0.1, 0.15) is 0 Å². The Morgan fingerprint density at radius 1 is 1.40 bits per heavy atom. The number of rotatable bonds is 3. The van der Waals surface area contributed by atoms with Gasteiger partial charge in [-0.15, -0.1) is 12.4 Å². The molecule has 1 aliphatic heterocycles. The third-order valence-corrected chi connectivity index (χ3v) is 3.79. The van der Waals surface area contributed by atoms with E-state index >= 15 is 0 Å². The average molecular weight is 318 g/mol. The second-order valence-corrected chi connectivity index (χ2v) is 5.72. The molecule has 1 amide bonds. The predicted octanol–water partition coefficient (Wildman–Crippen LogP) is 2.62. The van der Waals surface area contributed by atoms with Crippen LogP contribution in [0.4, 0.5) is 11.4 Å². The summed E-state index contributed by atoms with van der Waals surface area (Å²) in [5.74, 6) is 0.443. The van der Waals surface area contributed by atoms with E-state index in [1.807, 2.05) is 31.1 Å². The minimum absolute atomic E-state index is 0. The highest BCUT2D eigenvalue weighted by molar-refractivity contribution is 6.31. The lowest BCUT2D eigenvalue weighted by atomic mass is 9.97. The van der Waals surface area contributed by atoms with Crippen molar-refractivity contribution in [3.8, 4) is 0 Å². The van der Waals surface area contributed by atoms with Gasteiger partial charge in [-0.05, 0) is 30.7 Å². The van der Waals surface area contributed by atoms with Gasteiger partial charge in [0.15, 0.2) is 0 Å². The third-order valence-electron chi connectivity index (χ3n) is 3.55. The number of nitrogens with one attached hydrogen (secondary N) is 2. The SMILES string of the molecule is C[C@@H]1CNC[C@H]1C(=O)Nc1cc(Cl)ccc1N(C)C.Cl. The molecule has 1 fully saturated rings. The number of nitrogens with zero attached hydrogens (tertiary/aromatic N) is 1. The summed E-state index contributed by atoms with van der Waals surface area (Å²) >= 11 is 6.01. The molecule has 0 unspecified atom stereocenters. The number of hydrogen-bond donors (Lipinski definition) is 2. The Hall–Kier alpha value is -0.970. The molecule has 0 saturated carbocycles. The summed E-state index contributed by atoms with van der Waals surface area (Å²) < 4.78 is 0. The molecule has 0 spiro atoms. The smallest absolute Gasteiger partial charge is 0.229 e. The van der Waals surface area contributed by atoms with Crippen molar-refractivity contribution in [3.63, 3.8) is 0 Å². The highest BCUT2D eigenvalue weighted by Gasteiger charge is 2.29. The Labute approximate surface area is 131 Å². The predicted molar refractivity (Wildman–Crippen MR) is 87.2 cm³/mol. The molecule has 1 aromatic rings. The minimum atomic E-state index is 0. The molecule has 20 heavy (non-hydrogen) atoms. The van der Waals surface area contributed by atoms with Crippen molar-refractivity contribution in [1.82, 2.24) is 5.32 Å². The van der Waals surface area contributed by atoms with E-state index in [2.05, 4.69) is 17.6 Å². The van der Waals surface area contributed by atoms with Crippen molar-refractivity contribution in [3.05, 3.63) is 23.2 Å². The molecule has 0 aliphatic carbocycles. The average Bonchev–Trinajstić information content (AvgIpc) is 2.75. The Bertz CT molecular complexity index is 479. The molecule has 0 aromatic heterocycles. The quantitative estimate of drug-likeness (QED) is 0.900. The summed E-state index contributed by atoms with van der Waals surface area (Å²) in [7, 11) is 3.89. The monoisotopic (exact) mass is 317 g/mol. The summed E-state index contributed by atoms with van der Waals surface area (Å²) in [4.78, 5) is 14.3. The number of halogens is 2. The van der Waals surface area contributed by atoms with Crippen molar-refractivity contribution in [2.24, 2.45) is 11.8 Å². The Balaban J connectivity index is 0.00000200. The molecular formula is C14H21Cl2N3O. The molecule has 6 heteroatoms. The van der Waals surface area contributed by atoms with E-state index in [0.717, 1.165) is 24.5 Å². The van der Waals surface area contributed by atoms with Crippen LogP contribution in [0, 0.1) is 11.8 Å². The first-order chi connectivity index (χ1) is 8.99. The maximum Gasteiger partial charge on any atom is 0.229 e. The second-order valence-electron chi connectivity index (χ2n) is 5.29. The maximum atomic E-state index is 12.3. The molecule has 1 heterocycles. The lowest BCUT2D eigenvalue weighted by Crippen LogP contribution is -2.28. The fraction of sp³-hybridized carbons (Fsp3) is 0.500. The van der Waals surface area contributed by atoms with E-state index in [-0.39, 0.29) is 24.2 Å². The van der Waals surface area contributed by atoms with Crippen LogP contribution in [-0.4, -0.2) is 33.1 Å². The number of carbonyl (C=O) groups excluding carboxylic acids is 1. The lowest BCUT2D eigenvalue weighted by Gasteiger charge is -2.20. The van der Waals surface area contributed by atoms with E-state index in [0.29, 0.717) is 10.9 Å². The first-order valence-electron chi connectivity index (χ1n) is 6.47. The molecule has 4 nitrogen and oxygen atoms in total. The van der Waals surface area contributed by atoms with Crippen LogP contribution in [0.2, 0.25) is 5.02 Å². The van der Waals surface area contributed by atoms with E-state index in [9.17, 15) is 4.79 Å². The Kier molecular flexibility index (Phi) is 6.11. The standard InChI is InChI=1S/C14H20ClN3O.ClH/c1-9-7-16-8-11(9)14(19)17-12-6-10(15)4-5-13(12)18(2)3;/h4-6,9,11,16H,7-8H2,1-3H3,(H,17,19);1H/t9-,11-;/m1./s1. The Morgan fingerprint density at radius 2 is 2.10 bits per heavy atom. The maximum absolute atomic E-state index is 12.3. The Morgan fingerprint density at radius 3 is 2.65 bits per heavy atom. The molecule has 2 rings (SSSR count). The van der Waals surface area contributed by atoms with Crippen LogP contribution in [-0.2, 0) is 4.79 Å². The number of amides is 1. The molecule has 1 aliphatic rings. The van der Waals surface area contributed by atoms with Gasteiger partial charge < -0.3 is 15.5 Å². The van der Waals surface area contributed by atoms with Crippen LogP contribution >= 0.6 is 24.0 Å². The molecule has 1 aromatic carbocycles. The summed E-state index contributed by atoms with van der Waals surface area (Å²) in [6.45, 7) is 3.73. The van der Waals surface area contributed by atoms with E-state index in [1.165, 1.54) is 0 Å². The van der Waals surface area contributed by atoms with Crippen LogP contribution in [0.3, 0.4) is 0 Å². The highest BCUT2D eigenvalue weighted by Crippen LogP contribution is 2.29. The van der Waals surface area contributed by atoms with E-state index in [1.54, 1.807) is 6.07 Å². The van der Waals surface area contributed by atoms with Gasteiger partial charge in [-0.2, -0.15) is 0 Å². The first kappa shape index (κ1) is 17.1. The molecule has 1 saturated heterocycles. The van der Waals surface area contributed by atoms with Crippen LogP contribution in [0.1, 0.15) is 6.92 Å². The van der Waals surface area contributed by atoms with Gasteiger partial charge in [0.05, 0.1) is 17.3 Å². The zero-order valence-electron chi connectivity index (χ0n) is 11.9. The molecular weight excluding hydrogens is 297 g/mol. The van der Waals surface area contributed by atoms with Crippen molar-refractivity contribution in [2.45, 2.75) is 6.92 Å². The topological polar surface area (TPSA) is 44.4 Å². The van der Waals surface area contributed by atoms with Crippen molar-refractivity contribution in [2.75, 3.05) is 37.4 Å². The van der Waals surface area contributed by atoms with Gasteiger partial charge in [0.2, 0.25) is 5.91 Å². The van der Waals surface area contributed by atoms with Gasteiger partial charge in [-0.1, -0.05) is 18.5 Å². The van der Waals surface area contributed by atoms with Crippen LogP contribution < -0.4 is 15.5 Å². The zero-order valence-corrected chi connectivity index (χ0v) is 13.5. The summed E-state index contributed by atoms with van der Waals surface area (Å²) in [5, 5.41) is 6.86. The fourth-order valence-corrected chi connectivity index (χ4v) is 2.56. The van der Waals surface area contributed by atoms with Crippen molar-refractivity contribution >= 4 is 41.3 Å². The largest absolute Gasteiger partial charge is 0.376 e. The van der Waals surface area contributed by atoms with E-state index in [4.69, 9.17) is 11.6 Å².